The molecule has 2 N–H and O–H groups in total. The van der Waals surface area contributed by atoms with Gasteiger partial charge in [-0.1, -0.05) is 23.7 Å². The lowest BCUT2D eigenvalue weighted by Gasteiger charge is -2.36. The van der Waals surface area contributed by atoms with Crippen LogP contribution in [-0.2, 0) is 9.47 Å². The van der Waals surface area contributed by atoms with Gasteiger partial charge in [0, 0.05) is 51.8 Å². The molecule has 1 atom stereocenters. The first-order valence-corrected chi connectivity index (χ1v) is 8.32. The average Bonchev–Trinajstić information content (AvgIpc) is 2.59. The van der Waals surface area contributed by atoms with E-state index in [9.17, 15) is 0 Å². The molecule has 24 heavy (non-hydrogen) atoms. The highest BCUT2D eigenvalue weighted by atomic mass is 127. The maximum atomic E-state index is 5.94. The summed E-state index contributed by atoms with van der Waals surface area (Å²) in [5.74, 6) is 0.760. The van der Waals surface area contributed by atoms with Crippen LogP contribution in [0, 0.1) is 0 Å². The zero-order chi connectivity index (χ0) is 16.7. The number of nitrogens with one attached hydrogen (secondary N) is 2. The topological polar surface area (TPSA) is 54.9 Å². The number of rotatable bonds is 5. The minimum absolute atomic E-state index is 0. The molecule has 1 unspecified atom stereocenters. The van der Waals surface area contributed by atoms with Gasteiger partial charge in [-0.3, -0.25) is 4.99 Å². The van der Waals surface area contributed by atoms with Crippen LogP contribution < -0.4 is 10.6 Å². The van der Waals surface area contributed by atoms with Gasteiger partial charge in [0.15, 0.2) is 5.96 Å². The Morgan fingerprint density at radius 3 is 2.50 bits per heavy atom. The molecule has 2 rings (SSSR count). The standard InChI is InChI=1S/C17H26ClN3O2.HI/c1-13(14-4-6-15(18)7-5-14)21-16(19-2)20-12-17(22-3)8-10-23-11-9-17;/h4-7,13H,8-12H2,1-3H3,(H2,19,20,21);1H. The summed E-state index contributed by atoms with van der Waals surface area (Å²) in [5.41, 5.74) is 0.976. The van der Waals surface area contributed by atoms with Crippen molar-refractivity contribution < 1.29 is 9.47 Å². The van der Waals surface area contributed by atoms with E-state index in [2.05, 4.69) is 22.5 Å². The zero-order valence-electron chi connectivity index (χ0n) is 14.5. The highest BCUT2D eigenvalue weighted by molar-refractivity contribution is 14.0. The van der Waals surface area contributed by atoms with Gasteiger partial charge in [0.25, 0.3) is 0 Å². The van der Waals surface area contributed by atoms with E-state index in [1.54, 1.807) is 14.2 Å². The molecule has 1 aliphatic heterocycles. The Hall–Kier alpha value is -0.570. The number of aliphatic imine (C=N–C) groups is 1. The van der Waals surface area contributed by atoms with Crippen LogP contribution in [0.3, 0.4) is 0 Å². The fourth-order valence-corrected chi connectivity index (χ4v) is 2.80. The van der Waals surface area contributed by atoms with E-state index < -0.39 is 0 Å². The first-order chi connectivity index (χ1) is 11.1. The summed E-state index contributed by atoms with van der Waals surface area (Å²) in [4.78, 5) is 4.30. The van der Waals surface area contributed by atoms with Gasteiger partial charge in [-0.05, 0) is 24.6 Å². The van der Waals surface area contributed by atoms with Crippen molar-refractivity contribution in [3.8, 4) is 0 Å². The highest BCUT2D eigenvalue weighted by Gasteiger charge is 2.32. The van der Waals surface area contributed by atoms with Crippen molar-refractivity contribution in [3.63, 3.8) is 0 Å². The van der Waals surface area contributed by atoms with E-state index in [1.165, 1.54) is 0 Å². The Kier molecular flexibility index (Phi) is 9.33. The van der Waals surface area contributed by atoms with Crippen molar-refractivity contribution in [1.82, 2.24) is 10.6 Å². The molecule has 5 nitrogen and oxygen atoms in total. The predicted octanol–water partition coefficient (Wildman–Crippen LogP) is 3.38. The Bertz CT molecular complexity index is 519. The first kappa shape index (κ1) is 21.5. The number of hydrogen-bond donors (Lipinski definition) is 2. The van der Waals surface area contributed by atoms with Crippen molar-refractivity contribution in [3.05, 3.63) is 34.9 Å². The number of ether oxygens (including phenoxy) is 2. The summed E-state index contributed by atoms with van der Waals surface area (Å²) in [6.45, 7) is 4.28. The molecule has 0 amide bonds. The average molecular weight is 468 g/mol. The SMILES string of the molecule is CN=C(NCC1(OC)CCOCC1)NC(C)c1ccc(Cl)cc1.I. The molecule has 1 saturated heterocycles. The molecule has 1 aromatic carbocycles. The van der Waals surface area contributed by atoms with Gasteiger partial charge in [-0.25, -0.2) is 0 Å². The maximum Gasteiger partial charge on any atom is 0.191 e. The molecule has 0 aromatic heterocycles. The van der Waals surface area contributed by atoms with E-state index in [0.717, 1.165) is 42.6 Å². The van der Waals surface area contributed by atoms with Gasteiger partial charge in [0.05, 0.1) is 11.6 Å². The summed E-state index contributed by atoms with van der Waals surface area (Å²) in [5, 5.41) is 7.51. The highest BCUT2D eigenvalue weighted by Crippen LogP contribution is 2.23. The third-order valence-corrected chi connectivity index (χ3v) is 4.61. The number of hydrogen-bond acceptors (Lipinski definition) is 3. The lowest BCUT2D eigenvalue weighted by molar-refractivity contribution is -0.0855. The van der Waals surface area contributed by atoms with E-state index in [0.29, 0.717) is 6.54 Å². The Morgan fingerprint density at radius 1 is 1.33 bits per heavy atom. The van der Waals surface area contributed by atoms with Crippen LogP contribution in [0.4, 0.5) is 0 Å². The smallest absolute Gasteiger partial charge is 0.191 e. The molecular weight excluding hydrogens is 441 g/mol. The summed E-state index contributed by atoms with van der Waals surface area (Å²) in [6, 6.07) is 7.96. The second-order valence-corrected chi connectivity index (χ2v) is 6.28. The van der Waals surface area contributed by atoms with Crippen LogP contribution in [0.25, 0.3) is 0 Å². The molecule has 136 valence electrons. The lowest BCUT2D eigenvalue weighted by atomic mass is 9.94. The molecule has 0 aliphatic carbocycles. The zero-order valence-corrected chi connectivity index (χ0v) is 17.6. The number of guanidine groups is 1. The maximum absolute atomic E-state index is 5.94. The molecular formula is C17H27ClIN3O2. The van der Waals surface area contributed by atoms with Gasteiger partial charge in [0.2, 0.25) is 0 Å². The lowest BCUT2D eigenvalue weighted by Crippen LogP contribution is -2.51. The summed E-state index contributed by atoms with van der Waals surface area (Å²) >= 11 is 5.94. The normalized spacial score (nSPS) is 18.4. The van der Waals surface area contributed by atoms with Crippen LogP contribution in [0.2, 0.25) is 5.02 Å². The number of benzene rings is 1. The second-order valence-electron chi connectivity index (χ2n) is 5.84. The summed E-state index contributed by atoms with van der Waals surface area (Å²) < 4.78 is 11.2. The van der Waals surface area contributed by atoms with Crippen molar-refractivity contribution in [1.29, 1.82) is 0 Å². The molecule has 1 heterocycles. The van der Waals surface area contributed by atoms with Crippen molar-refractivity contribution in [2.24, 2.45) is 4.99 Å². The molecule has 0 radical (unpaired) electrons. The van der Waals surface area contributed by atoms with E-state index >= 15 is 0 Å². The Morgan fingerprint density at radius 2 is 1.96 bits per heavy atom. The van der Waals surface area contributed by atoms with Gasteiger partial charge in [-0.2, -0.15) is 0 Å². The predicted molar refractivity (Wildman–Crippen MR) is 110 cm³/mol. The van der Waals surface area contributed by atoms with Crippen molar-refractivity contribution in [2.75, 3.05) is 33.9 Å². The summed E-state index contributed by atoms with van der Waals surface area (Å²) in [6.07, 6.45) is 1.78. The fraction of sp³-hybridized carbons (Fsp3) is 0.588. The van der Waals surface area contributed by atoms with Crippen molar-refractivity contribution >= 4 is 41.5 Å². The quantitative estimate of drug-likeness (QED) is 0.396. The Labute approximate surface area is 166 Å². The van der Waals surface area contributed by atoms with Crippen LogP contribution >= 0.6 is 35.6 Å². The van der Waals surface area contributed by atoms with Crippen LogP contribution in [0.15, 0.2) is 29.3 Å². The van der Waals surface area contributed by atoms with Gasteiger partial charge in [-0.15, -0.1) is 24.0 Å². The van der Waals surface area contributed by atoms with Crippen LogP contribution in [0.5, 0.6) is 0 Å². The molecule has 0 saturated carbocycles. The Balaban J connectivity index is 0.00000288. The van der Waals surface area contributed by atoms with Gasteiger partial charge in [0.1, 0.15) is 0 Å². The molecule has 0 bridgehead atoms. The molecule has 1 fully saturated rings. The second kappa shape index (κ2) is 10.4. The fourth-order valence-electron chi connectivity index (χ4n) is 2.68. The van der Waals surface area contributed by atoms with E-state index in [4.69, 9.17) is 21.1 Å². The third kappa shape index (κ3) is 6.06. The minimum atomic E-state index is -0.181. The van der Waals surface area contributed by atoms with Crippen LogP contribution in [-0.4, -0.2) is 45.5 Å². The van der Waals surface area contributed by atoms with E-state index in [-0.39, 0.29) is 35.6 Å². The molecule has 0 spiro atoms. The number of methoxy groups -OCH3 is 1. The van der Waals surface area contributed by atoms with Gasteiger partial charge >= 0.3 is 0 Å². The molecule has 1 aromatic rings. The minimum Gasteiger partial charge on any atom is -0.381 e. The molecule has 7 heteroatoms. The summed E-state index contributed by atoms with van der Waals surface area (Å²) in [7, 11) is 3.53. The monoisotopic (exact) mass is 467 g/mol. The van der Waals surface area contributed by atoms with Crippen molar-refractivity contribution in [2.45, 2.75) is 31.4 Å². The van der Waals surface area contributed by atoms with Gasteiger partial charge < -0.3 is 20.1 Å². The first-order valence-electron chi connectivity index (χ1n) is 7.94. The molecule has 1 aliphatic rings. The number of nitrogens with zero attached hydrogens (tertiary/aromatic N) is 1. The largest absolute Gasteiger partial charge is 0.381 e. The van der Waals surface area contributed by atoms with E-state index in [1.807, 2.05) is 24.3 Å². The van der Waals surface area contributed by atoms with Crippen LogP contribution in [0.1, 0.15) is 31.4 Å². The number of halogens is 2. The third-order valence-electron chi connectivity index (χ3n) is 4.36.